The number of nitriles is 1. The maximum absolute atomic E-state index is 12.5. The predicted octanol–water partition coefficient (Wildman–Crippen LogP) is 3.77. The van der Waals surface area contributed by atoms with E-state index in [1.54, 1.807) is 24.4 Å². The summed E-state index contributed by atoms with van der Waals surface area (Å²) in [4.78, 5) is 29.1. The second-order valence-electron chi connectivity index (χ2n) is 5.97. The van der Waals surface area contributed by atoms with Crippen LogP contribution in [0.5, 0.6) is 0 Å². The molecule has 8 heteroatoms. The molecule has 3 aromatic rings. The SMILES string of the molecule is CCOCc1c(C(=O)OCC(=O)[C@H](C#N)c2nc(C)cs2)oc2ccccc12. The third kappa shape index (κ3) is 4.11. The number of Topliss-reactive ketones (excluding diaryl/α,β-unsaturated/α-hetero) is 1. The van der Waals surface area contributed by atoms with E-state index in [-0.39, 0.29) is 12.4 Å². The third-order valence-electron chi connectivity index (χ3n) is 4.01. The first-order valence-corrected chi connectivity index (χ1v) is 9.52. The summed E-state index contributed by atoms with van der Waals surface area (Å²) in [5.74, 6) is -2.37. The lowest BCUT2D eigenvalue weighted by molar-refractivity contribution is -0.122. The third-order valence-corrected chi connectivity index (χ3v) is 5.04. The normalized spacial score (nSPS) is 11.9. The lowest BCUT2D eigenvalue weighted by Gasteiger charge is -2.07. The fraction of sp³-hybridized carbons (Fsp3) is 0.300. The number of carbonyl (C=O) groups excluding carboxylic acids is 2. The van der Waals surface area contributed by atoms with E-state index in [0.717, 1.165) is 11.1 Å². The first-order valence-electron chi connectivity index (χ1n) is 8.64. The van der Waals surface area contributed by atoms with Gasteiger partial charge in [-0.1, -0.05) is 18.2 Å². The summed E-state index contributed by atoms with van der Waals surface area (Å²) >= 11 is 1.23. The van der Waals surface area contributed by atoms with Gasteiger partial charge in [0.15, 0.2) is 18.3 Å². The van der Waals surface area contributed by atoms with Crippen LogP contribution in [-0.4, -0.2) is 30.0 Å². The molecule has 0 bridgehead atoms. The number of fused-ring (bicyclic) bond motifs is 1. The monoisotopic (exact) mass is 398 g/mol. The standard InChI is InChI=1S/C20H18N2O5S/c1-3-25-9-15-13-6-4-5-7-17(13)27-18(15)20(24)26-10-16(23)14(8-21)19-22-12(2)11-28-19/h4-7,11,14H,3,9-10H2,1-2H3/t14-/m0/s1. The molecule has 0 aliphatic heterocycles. The molecular weight excluding hydrogens is 380 g/mol. The maximum atomic E-state index is 12.5. The number of furan rings is 1. The predicted molar refractivity (Wildman–Crippen MR) is 102 cm³/mol. The molecule has 0 saturated carbocycles. The van der Waals surface area contributed by atoms with E-state index in [9.17, 15) is 14.9 Å². The summed E-state index contributed by atoms with van der Waals surface area (Å²) in [6.45, 7) is 3.75. The number of hydrogen-bond acceptors (Lipinski definition) is 8. The highest BCUT2D eigenvalue weighted by atomic mass is 32.1. The zero-order valence-corrected chi connectivity index (χ0v) is 16.2. The maximum Gasteiger partial charge on any atom is 0.375 e. The molecule has 144 valence electrons. The van der Waals surface area contributed by atoms with Crippen LogP contribution in [0.4, 0.5) is 0 Å². The number of rotatable bonds is 8. The number of hydrogen-bond donors (Lipinski definition) is 0. The average molecular weight is 398 g/mol. The number of nitrogens with zero attached hydrogens (tertiary/aromatic N) is 2. The van der Waals surface area contributed by atoms with Gasteiger partial charge < -0.3 is 13.9 Å². The van der Waals surface area contributed by atoms with Crippen LogP contribution in [0.1, 0.15) is 39.7 Å². The number of carbonyl (C=O) groups is 2. The molecule has 0 unspecified atom stereocenters. The summed E-state index contributed by atoms with van der Waals surface area (Å²) < 4.78 is 16.2. The Labute approximate surface area is 165 Å². The molecule has 2 aromatic heterocycles. The van der Waals surface area contributed by atoms with Gasteiger partial charge in [-0.25, -0.2) is 9.78 Å². The van der Waals surface area contributed by atoms with Gasteiger partial charge in [-0.2, -0.15) is 5.26 Å². The zero-order valence-electron chi connectivity index (χ0n) is 15.4. The van der Waals surface area contributed by atoms with Gasteiger partial charge in [0.1, 0.15) is 10.6 Å². The second kappa shape index (κ2) is 8.78. The van der Waals surface area contributed by atoms with Crippen molar-refractivity contribution in [2.24, 2.45) is 0 Å². The van der Waals surface area contributed by atoms with Crippen molar-refractivity contribution in [1.82, 2.24) is 4.98 Å². The molecule has 0 fully saturated rings. The van der Waals surface area contributed by atoms with Gasteiger partial charge in [0.2, 0.25) is 5.76 Å². The van der Waals surface area contributed by atoms with Gasteiger partial charge in [0.05, 0.1) is 12.7 Å². The van der Waals surface area contributed by atoms with Crippen molar-refractivity contribution < 1.29 is 23.5 Å². The van der Waals surface area contributed by atoms with E-state index in [2.05, 4.69) is 4.98 Å². The van der Waals surface area contributed by atoms with Crippen molar-refractivity contribution in [3.8, 4) is 6.07 Å². The zero-order chi connectivity index (χ0) is 20.1. The van der Waals surface area contributed by atoms with E-state index in [1.807, 2.05) is 25.1 Å². The smallest absolute Gasteiger partial charge is 0.375 e. The first kappa shape index (κ1) is 19.7. The van der Waals surface area contributed by atoms with Gasteiger partial charge in [-0.05, 0) is 19.9 Å². The minimum Gasteiger partial charge on any atom is -0.452 e. The Morgan fingerprint density at radius 3 is 2.82 bits per heavy atom. The Kier molecular flexibility index (Phi) is 6.19. The molecule has 2 heterocycles. The van der Waals surface area contributed by atoms with Crippen molar-refractivity contribution in [1.29, 1.82) is 5.26 Å². The van der Waals surface area contributed by atoms with Gasteiger partial charge in [-0.15, -0.1) is 11.3 Å². The summed E-state index contributed by atoms with van der Waals surface area (Å²) in [6.07, 6.45) is 0. The molecule has 1 atom stereocenters. The van der Waals surface area contributed by atoms with Crippen LogP contribution in [0.2, 0.25) is 0 Å². The van der Waals surface area contributed by atoms with Gasteiger partial charge in [-0.3, -0.25) is 4.79 Å². The lowest BCUT2D eigenvalue weighted by atomic mass is 10.1. The van der Waals surface area contributed by atoms with Crippen LogP contribution in [0, 0.1) is 18.3 Å². The van der Waals surface area contributed by atoms with Crippen molar-refractivity contribution >= 4 is 34.1 Å². The number of thiazole rings is 1. The van der Waals surface area contributed by atoms with Crippen molar-refractivity contribution in [2.45, 2.75) is 26.4 Å². The van der Waals surface area contributed by atoms with Crippen molar-refractivity contribution in [3.05, 3.63) is 51.7 Å². The van der Waals surface area contributed by atoms with Gasteiger partial charge in [0.25, 0.3) is 0 Å². The summed E-state index contributed by atoms with van der Waals surface area (Å²) in [7, 11) is 0. The Balaban J connectivity index is 1.76. The van der Waals surface area contributed by atoms with E-state index in [1.165, 1.54) is 11.3 Å². The summed E-state index contributed by atoms with van der Waals surface area (Å²) in [5.41, 5.74) is 1.83. The van der Waals surface area contributed by atoms with Crippen LogP contribution in [0.25, 0.3) is 11.0 Å². The molecule has 7 nitrogen and oxygen atoms in total. The van der Waals surface area contributed by atoms with Gasteiger partial charge in [0, 0.05) is 28.6 Å². The van der Waals surface area contributed by atoms with Crippen LogP contribution < -0.4 is 0 Å². The molecule has 0 N–H and O–H groups in total. The molecule has 0 saturated heterocycles. The number of aromatic nitrogens is 1. The number of para-hydroxylation sites is 1. The van der Waals surface area contributed by atoms with E-state index in [0.29, 0.717) is 22.8 Å². The van der Waals surface area contributed by atoms with E-state index < -0.39 is 24.3 Å². The Hall–Kier alpha value is -3.02. The molecule has 0 aliphatic rings. The van der Waals surface area contributed by atoms with Crippen molar-refractivity contribution in [3.63, 3.8) is 0 Å². The highest BCUT2D eigenvalue weighted by molar-refractivity contribution is 7.09. The molecule has 28 heavy (non-hydrogen) atoms. The van der Waals surface area contributed by atoms with Crippen LogP contribution in [-0.2, 0) is 20.9 Å². The molecule has 0 amide bonds. The molecular formula is C20H18N2O5S. The quantitative estimate of drug-likeness (QED) is 0.532. The lowest BCUT2D eigenvalue weighted by Crippen LogP contribution is -2.20. The Morgan fingerprint density at radius 2 is 2.14 bits per heavy atom. The summed E-state index contributed by atoms with van der Waals surface area (Å²) in [5, 5.41) is 12.2. The largest absolute Gasteiger partial charge is 0.452 e. The number of ether oxygens (including phenoxy) is 2. The Bertz CT molecular complexity index is 1050. The molecule has 3 rings (SSSR count). The minimum absolute atomic E-state index is 0.000973. The number of benzene rings is 1. The highest BCUT2D eigenvalue weighted by Crippen LogP contribution is 2.27. The van der Waals surface area contributed by atoms with E-state index >= 15 is 0 Å². The van der Waals surface area contributed by atoms with Crippen LogP contribution >= 0.6 is 11.3 Å². The van der Waals surface area contributed by atoms with E-state index in [4.69, 9.17) is 13.9 Å². The topological polar surface area (TPSA) is 102 Å². The van der Waals surface area contributed by atoms with Crippen LogP contribution in [0.15, 0.2) is 34.1 Å². The number of esters is 1. The summed E-state index contributed by atoms with van der Waals surface area (Å²) in [6, 6.07) is 9.11. The fourth-order valence-corrected chi connectivity index (χ4v) is 3.53. The Morgan fingerprint density at radius 1 is 1.36 bits per heavy atom. The minimum atomic E-state index is -1.06. The number of aryl methyl sites for hydroxylation is 1. The highest BCUT2D eigenvalue weighted by Gasteiger charge is 2.27. The van der Waals surface area contributed by atoms with Crippen molar-refractivity contribution in [2.75, 3.05) is 13.2 Å². The molecule has 0 aliphatic carbocycles. The van der Waals surface area contributed by atoms with Crippen LogP contribution in [0.3, 0.4) is 0 Å². The fourth-order valence-electron chi connectivity index (χ4n) is 2.67. The average Bonchev–Trinajstić information content (AvgIpc) is 3.28. The second-order valence-corrected chi connectivity index (χ2v) is 6.86. The molecule has 0 spiro atoms. The number of ketones is 1. The molecule has 1 aromatic carbocycles. The van der Waals surface area contributed by atoms with Gasteiger partial charge >= 0.3 is 5.97 Å². The molecule has 0 radical (unpaired) electrons. The first-order chi connectivity index (χ1) is 13.5.